The van der Waals surface area contributed by atoms with Crippen molar-refractivity contribution < 1.29 is 9.53 Å². The van der Waals surface area contributed by atoms with Gasteiger partial charge in [-0.25, -0.2) is 4.98 Å². The SMILES string of the molecule is Cc1ccc(C)c(OCC(=O)NCc2cn3cccc(C)c3n2)c1C. The third kappa shape index (κ3) is 3.65. The number of hydrogen-bond donors (Lipinski definition) is 1. The molecule has 0 aliphatic rings. The van der Waals surface area contributed by atoms with Gasteiger partial charge in [-0.2, -0.15) is 0 Å². The first kappa shape index (κ1) is 17.0. The molecule has 2 heterocycles. The van der Waals surface area contributed by atoms with Gasteiger partial charge < -0.3 is 14.5 Å². The fraction of sp³-hybridized carbons (Fsp3) is 0.300. The van der Waals surface area contributed by atoms with Gasteiger partial charge in [-0.15, -0.1) is 0 Å². The Morgan fingerprint density at radius 1 is 1.12 bits per heavy atom. The second-order valence-corrected chi connectivity index (χ2v) is 6.37. The number of amides is 1. The number of carbonyl (C=O) groups excluding carboxylic acids is 1. The minimum absolute atomic E-state index is 0.00245. The lowest BCUT2D eigenvalue weighted by Gasteiger charge is -2.13. The fourth-order valence-corrected chi connectivity index (χ4v) is 2.82. The van der Waals surface area contributed by atoms with E-state index >= 15 is 0 Å². The molecule has 0 saturated carbocycles. The molecule has 3 aromatic rings. The van der Waals surface area contributed by atoms with Crippen molar-refractivity contribution in [1.82, 2.24) is 14.7 Å². The average Bonchev–Trinajstić information content (AvgIpc) is 3.01. The molecule has 0 spiro atoms. The van der Waals surface area contributed by atoms with Gasteiger partial charge in [0.05, 0.1) is 12.2 Å². The first-order valence-corrected chi connectivity index (χ1v) is 8.35. The van der Waals surface area contributed by atoms with Crippen LogP contribution in [0.15, 0.2) is 36.7 Å². The number of pyridine rings is 1. The highest BCUT2D eigenvalue weighted by atomic mass is 16.5. The third-order valence-corrected chi connectivity index (χ3v) is 4.42. The van der Waals surface area contributed by atoms with Gasteiger partial charge in [-0.3, -0.25) is 4.79 Å². The standard InChI is InChI=1S/C20H23N3O2/c1-13-7-8-14(2)19(16(13)4)25-12-18(24)21-10-17-11-23-9-5-6-15(3)20(23)22-17/h5-9,11H,10,12H2,1-4H3,(H,21,24). The second kappa shape index (κ2) is 6.97. The summed E-state index contributed by atoms with van der Waals surface area (Å²) >= 11 is 0. The molecule has 0 unspecified atom stereocenters. The number of aromatic nitrogens is 2. The first-order chi connectivity index (χ1) is 12.0. The Balaban J connectivity index is 1.60. The summed E-state index contributed by atoms with van der Waals surface area (Å²) in [6, 6.07) is 8.06. The summed E-state index contributed by atoms with van der Waals surface area (Å²) < 4.78 is 7.70. The van der Waals surface area contributed by atoms with Crippen molar-refractivity contribution in [3.05, 3.63) is 64.6 Å². The molecule has 3 rings (SSSR count). The van der Waals surface area contributed by atoms with E-state index in [9.17, 15) is 4.79 Å². The topological polar surface area (TPSA) is 55.6 Å². The molecule has 1 amide bonds. The van der Waals surface area contributed by atoms with Gasteiger partial charge in [0.25, 0.3) is 5.91 Å². The summed E-state index contributed by atoms with van der Waals surface area (Å²) in [4.78, 5) is 16.7. The Labute approximate surface area is 147 Å². The van der Waals surface area contributed by atoms with E-state index in [1.807, 2.05) is 62.7 Å². The summed E-state index contributed by atoms with van der Waals surface area (Å²) in [6.45, 7) is 8.43. The summed E-state index contributed by atoms with van der Waals surface area (Å²) in [5.74, 6) is 0.632. The second-order valence-electron chi connectivity index (χ2n) is 6.37. The van der Waals surface area contributed by atoms with Crippen LogP contribution in [0.25, 0.3) is 5.65 Å². The lowest BCUT2D eigenvalue weighted by Crippen LogP contribution is -2.28. The number of benzene rings is 1. The van der Waals surface area contributed by atoms with Crippen molar-refractivity contribution in [1.29, 1.82) is 0 Å². The first-order valence-electron chi connectivity index (χ1n) is 8.35. The maximum atomic E-state index is 12.1. The van der Waals surface area contributed by atoms with Crippen LogP contribution in [0.3, 0.4) is 0 Å². The molecule has 0 fully saturated rings. The van der Waals surface area contributed by atoms with Gasteiger partial charge in [0.15, 0.2) is 6.61 Å². The number of nitrogens with one attached hydrogen (secondary N) is 1. The number of carbonyl (C=O) groups is 1. The predicted molar refractivity (Wildman–Crippen MR) is 97.9 cm³/mol. The summed E-state index contributed by atoms with van der Waals surface area (Å²) in [5.41, 5.74) is 6.10. The minimum atomic E-state index is -0.158. The van der Waals surface area contributed by atoms with Gasteiger partial charge in [-0.05, 0) is 56.0 Å². The Bertz CT molecular complexity index is 928. The molecule has 0 atom stereocenters. The van der Waals surface area contributed by atoms with E-state index in [-0.39, 0.29) is 12.5 Å². The Kier molecular flexibility index (Phi) is 4.74. The highest BCUT2D eigenvalue weighted by Crippen LogP contribution is 2.25. The quantitative estimate of drug-likeness (QED) is 0.777. The van der Waals surface area contributed by atoms with Crippen LogP contribution in [0.4, 0.5) is 0 Å². The molecule has 0 bridgehead atoms. The van der Waals surface area contributed by atoms with E-state index in [1.54, 1.807) is 0 Å². The lowest BCUT2D eigenvalue weighted by molar-refractivity contribution is -0.123. The van der Waals surface area contributed by atoms with E-state index in [4.69, 9.17) is 4.74 Å². The summed E-state index contributed by atoms with van der Waals surface area (Å²) in [5, 5.41) is 2.86. The molecule has 1 N–H and O–H groups in total. The highest BCUT2D eigenvalue weighted by Gasteiger charge is 2.10. The molecule has 5 nitrogen and oxygen atoms in total. The van der Waals surface area contributed by atoms with E-state index in [0.717, 1.165) is 39.3 Å². The monoisotopic (exact) mass is 337 g/mol. The van der Waals surface area contributed by atoms with Gasteiger partial charge in [0.1, 0.15) is 11.4 Å². The van der Waals surface area contributed by atoms with Crippen LogP contribution in [0.1, 0.15) is 27.9 Å². The molecule has 1 aromatic carbocycles. The number of imidazole rings is 1. The van der Waals surface area contributed by atoms with Crippen molar-refractivity contribution >= 4 is 11.6 Å². The zero-order valence-electron chi connectivity index (χ0n) is 15.1. The third-order valence-electron chi connectivity index (χ3n) is 4.42. The molecule has 5 heteroatoms. The van der Waals surface area contributed by atoms with Crippen molar-refractivity contribution in [2.24, 2.45) is 0 Å². The molecule has 25 heavy (non-hydrogen) atoms. The zero-order valence-corrected chi connectivity index (χ0v) is 15.1. The van der Waals surface area contributed by atoms with Crippen molar-refractivity contribution in [3.63, 3.8) is 0 Å². The number of hydrogen-bond acceptors (Lipinski definition) is 3. The maximum absolute atomic E-state index is 12.1. The fourth-order valence-electron chi connectivity index (χ4n) is 2.82. The molecular formula is C20H23N3O2. The normalized spacial score (nSPS) is 10.9. The summed E-state index contributed by atoms with van der Waals surface area (Å²) in [6.07, 6.45) is 3.88. The zero-order chi connectivity index (χ0) is 18.0. The van der Waals surface area contributed by atoms with E-state index in [2.05, 4.69) is 16.4 Å². The number of fused-ring (bicyclic) bond motifs is 1. The van der Waals surface area contributed by atoms with Crippen molar-refractivity contribution in [2.45, 2.75) is 34.2 Å². The molecule has 2 aromatic heterocycles. The lowest BCUT2D eigenvalue weighted by atomic mass is 10.1. The minimum Gasteiger partial charge on any atom is -0.483 e. The summed E-state index contributed by atoms with van der Waals surface area (Å²) in [7, 11) is 0. The Hall–Kier alpha value is -2.82. The van der Waals surface area contributed by atoms with Gasteiger partial charge in [0, 0.05) is 12.4 Å². The Morgan fingerprint density at radius 2 is 1.88 bits per heavy atom. The van der Waals surface area contributed by atoms with Crippen molar-refractivity contribution in [3.8, 4) is 5.75 Å². The van der Waals surface area contributed by atoms with Crippen LogP contribution in [-0.4, -0.2) is 21.9 Å². The predicted octanol–water partition coefficient (Wildman–Crippen LogP) is 3.26. The maximum Gasteiger partial charge on any atom is 0.258 e. The van der Waals surface area contributed by atoms with Gasteiger partial charge >= 0.3 is 0 Å². The van der Waals surface area contributed by atoms with Crippen LogP contribution in [0.5, 0.6) is 5.75 Å². The molecule has 130 valence electrons. The largest absolute Gasteiger partial charge is 0.483 e. The number of aryl methyl sites for hydroxylation is 3. The average molecular weight is 337 g/mol. The molecule has 0 saturated heterocycles. The molecule has 0 aliphatic heterocycles. The smallest absolute Gasteiger partial charge is 0.258 e. The molecule has 0 radical (unpaired) electrons. The van der Waals surface area contributed by atoms with Crippen LogP contribution in [0, 0.1) is 27.7 Å². The number of rotatable bonds is 5. The molecule has 0 aliphatic carbocycles. The van der Waals surface area contributed by atoms with Gasteiger partial charge in [-0.1, -0.05) is 18.2 Å². The number of ether oxygens (including phenoxy) is 1. The number of nitrogens with zero attached hydrogens (tertiary/aromatic N) is 2. The van der Waals surface area contributed by atoms with Crippen LogP contribution < -0.4 is 10.1 Å². The highest BCUT2D eigenvalue weighted by molar-refractivity contribution is 5.77. The van der Waals surface area contributed by atoms with Crippen LogP contribution in [-0.2, 0) is 11.3 Å². The van der Waals surface area contributed by atoms with Crippen LogP contribution >= 0.6 is 0 Å². The molecular weight excluding hydrogens is 314 g/mol. The van der Waals surface area contributed by atoms with Crippen molar-refractivity contribution in [2.75, 3.05) is 6.61 Å². The van der Waals surface area contributed by atoms with Gasteiger partial charge in [0.2, 0.25) is 0 Å². The van der Waals surface area contributed by atoms with E-state index in [0.29, 0.717) is 6.54 Å². The van der Waals surface area contributed by atoms with E-state index in [1.165, 1.54) is 0 Å². The van der Waals surface area contributed by atoms with E-state index < -0.39 is 0 Å². The Morgan fingerprint density at radius 3 is 2.64 bits per heavy atom. The van der Waals surface area contributed by atoms with Crippen LogP contribution in [0.2, 0.25) is 0 Å².